The zero-order chi connectivity index (χ0) is 14.2. The highest BCUT2D eigenvalue weighted by Crippen LogP contribution is 2.36. The summed E-state index contributed by atoms with van der Waals surface area (Å²) in [4.78, 5) is 1.97. The van der Waals surface area contributed by atoms with Gasteiger partial charge in [-0.05, 0) is 53.7 Å². The van der Waals surface area contributed by atoms with E-state index in [-0.39, 0.29) is 0 Å². The molecule has 2 aromatic rings. The van der Waals surface area contributed by atoms with E-state index in [1.165, 1.54) is 11.3 Å². The summed E-state index contributed by atoms with van der Waals surface area (Å²) < 4.78 is 40.5. The summed E-state index contributed by atoms with van der Waals surface area (Å²) in [7, 11) is 1.69. The standard InChI is InChI=1S/C13H11BrF3NS/c1-6-3-8(14)13(19-6)12(18-2)7-4-9(15)11(17)10(16)5-7/h3-5,12,18H,1-2H3. The minimum Gasteiger partial charge on any atom is -0.309 e. The minimum atomic E-state index is -1.44. The number of thiophene rings is 1. The number of halogens is 4. The molecule has 0 saturated carbocycles. The lowest BCUT2D eigenvalue weighted by Crippen LogP contribution is -2.17. The van der Waals surface area contributed by atoms with E-state index in [0.29, 0.717) is 5.56 Å². The first-order valence-electron chi connectivity index (χ1n) is 5.51. The van der Waals surface area contributed by atoms with Crippen LogP contribution in [0.3, 0.4) is 0 Å². The summed E-state index contributed by atoms with van der Waals surface area (Å²) in [5.41, 5.74) is 0.349. The summed E-state index contributed by atoms with van der Waals surface area (Å²) in [5, 5.41) is 2.99. The molecule has 1 unspecified atom stereocenters. The van der Waals surface area contributed by atoms with Crippen LogP contribution in [0.25, 0.3) is 0 Å². The Labute approximate surface area is 121 Å². The smallest absolute Gasteiger partial charge is 0.194 e. The van der Waals surface area contributed by atoms with Crippen LogP contribution in [0.4, 0.5) is 13.2 Å². The molecule has 0 bridgehead atoms. The van der Waals surface area contributed by atoms with Gasteiger partial charge in [0.1, 0.15) is 0 Å². The number of nitrogens with one attached hydrogen (secondary N) is 1. The quantitative estimate of drug-likeness (QED) is 0.801. The lowest BCUT2D eigenvalue weighted by molar-refractivity contribution is 0.443. The third kappa shape index (κ3) is 2.85. The third-order valence-electron chi connectivity index (χ3n) is 2.73. The van der Waals surface area contributed by atoms with Crippen LogP contribution in [-0.2, 0) is 0 Å². The maximum atomic E-state index is 13.3. The molecule has 1 N–H and O–H groups in total. The Balaban J connectivity index is 2.51. The van der Waals surface area contributed by atoms with Crippen molar-refractivity contribution in [2.75, 3.05) is 7.05 Å². The molecule has 2 rings (SSSR count). The number of hydrogen-bond acceptors (Lipinski definition) is 2. The van der Waals surface area contributed by atoms with E-state index in [1.807, 2.05) is 13.0 Å². The lowest BCUT2D eigenvalue weighted by Gasteiger charge is -2.16. The van der Waals surface area contributed by atoms with Crippen molar-refractivity contribution in [3.05, 3.63) is 55.4 Å². The molecular weight excluding hydrogens is 339 g/mol. The van der Waals surface area contributed by atoms with Crippen LogP contribution in [0.5, 0.6) is 0 Å². The van der Waals surface area contributed by atoms with E-state index >= 15 is 0 Å². The van der Waals surface area contributed by atoms with Crippen molar-refractivity contribution in [2.45, 2.75) is 13.0 Å². The molecular formula is C13H11BrF3NS. The Bertz CT molecular complexity index is 589. The molecule has 1 heterocycles. The van der Waals surface area contributed by atoms with E-state index in [9.17, 15) is 13.2 Å². The average molecular weight is 350 g/mol. The normalized spacial score (nSPS) is 12.7. The zero-order valence-electron chi connectivity index (χ0n) is 10.2. The third-order valence-corrected chi connectivity index (χ3v) is 4.76. The average Bonchev–Trinajstić information content (AvgIpc) is 2.66. The zero-order valence-corrected chi connectivity index (χ0v) is 12.6. The first kappa shape index (κ1) is 14.6. The van der Waals surface area contributed by atoms with E-state index in [4.69, 9.17) is 0 Å². The van der Waals surface area contributed by atoms with Crippen molar-refractivity contribution < 1.29 is 13.2 Å². The van der Waals surface area contributed by atoms with Gasteiger partial charge in [0.2, 0.25) is 0 Å². The van der Waals surface area contributed by atoms with Crippen LogP contribution in [-0.4, -0.2) is 7.05 Å². The summed E-state index contributed by atoms with van der Waals surface area (Å²) in [6.07, 6.45) is 0. The number of rotatable bonds is 3. The van der Waals surface area contributed by atoms with E-state index in [2.05, 4.69) is 21.2 Å². The van der Waals surface area contributed by atoms with Crippen LogP contribution in [0.15, 0.2) is 22.7 Å². The predicted octanol–water partition coefficient (Wildman–Crippen LogP) is 4.55. The van der Waals surface area contributed by atoms with Gasteiger partial charge in [-0.15, -0.1) is 11.3 Å². The van der Waals surface area contributed by atoms with Crippen molar-refractivity contribution in [1.82, 2.24) is 5.32 Å². The number of aryl methyl sites for hydroxylation is 1. The molecule has 0 radical (unpaired) electrons. The van der Waals surface area contributed by atoms with Crippen LogP contribution in [0.1, 0.15) is 21.4 Å². The highest BCUT2D eigenvalue weighted by molar-refractivity contribution is 9.10. The van der Waals surface area contributed by atoms with Gasteiger partial charge in [0.25, 0.3) is 0 Å². The Morgan fingerprint density at radius 3 is 2.16 bits per heavy atom. The van der Waals surface area contributed by atoms with Crippen molar-refractivity contribution in [3.63, 3.8) is 0 Å². The number of hydrogen-bond donors (Lipinski definition) is 1. The molecule has 0 aliphatic carbocycles. The highest BCUT2D eigenvalue weighted by Gasteiger charge is 2.21. The molecule has 19 heavy (non-hydrogen) atoms. The molecule has 1 atom stereocenters. The molecule has 0 aliphatic rings. The fraction of sp³-hybridized carbons (Fsp3) is 0.231. The summed E-state index contributed by atoms with van der Waals surface area (Å²) in [5.74, 6) is -3.81. The van der Waals surface area contributed by atoms with Crippen LogP contribution < -0.4 is 5.32 Å². The number of benzene rings is 1. The van der Waals surface area contributed by atoms with Gasteiger partial charge in [0.05, 0.1) is 6.04 Å². The van der Waals surface area contributed by atoms with Crippen LogP contribution in [0.2, 0.25) is 0 Å². The fourth-order valence-corrected chi connectivity index (χ4v) is 3.91. The Hall–Kier alpha value is -0.850. The molecule has 0 fully saturated rings. The molecule has 1 aromatic carbocycles. The van der Waals surface area contributed by atoms with E-state index in [0.717, 1.165) is 26.4 Å². The molecule has 0 amide bonds. The van der Waals surface area contributed by atoms with Crippen LogP contribution in [0, 0.1) is 24.4 Å². The summed E-state index contributed by atoms with van der Waals surface area (Å²) in [6.45, 7) is 1.94. The maximum Gasteiger partial charge on any atom is 0.194 e. The van der Waals surface area contributed by atoms with Crippen molar-refractivity contribution >= 4 is 27.3 Å². The molecule has 1 aromatic heterocycles. The van der Waals surface area contributed by atoms with Gasteiger partial charge < -0.3 is 5.32 Å². The molecule has 0 spiro atoms. The van der Waals surface area contributed by atoms with Gasteiger partial charge in [0, 0.05) is 14.2 Å². The molecule has 0 aliphatic heterocycles. The monoisotopic (exact) mass is 349 g/mol. The fourth-order valence-electron chi connectivity index (χ4n) is 1.89. The molecule has 0 saturated heterocycles. The molecule has 1 nitrogen and oxygen atoms in total. The summed E-state index contributed by atoms with van der Waals surface area (Å²) in [6, 6.07) is 3.57. The van der Waals surface area contributed by atoms with Gasteiger partial charge in [-0.25, -0.2) is 13.2 Å². The first-order valence-corrected chi connectivity index (χ1v) is 7.12. The summed E-state index contributed by atoms with van der Waals surface area (Å²) >= 11 is 4.93. The van der Waals surface area contributed by atoms with Gasteiger partial charge >= 0.3 is 0 Å². The predicted molar refractivity (Wildman–Crippen MR) is 74.0 cm³/mol. The second-order valence-electron chi connectivity index (χ2n) is 4.09. The van der Waals surface area contributed by atoms with Gasteiger partial charge in [-0.2, -0.15) is 0 Å². The Morgan fingerprint density at radius 1 is 1.16 bits per heavy atom. The van der Waals surface area contributed by atoms with Crippen molar-refractivity contribution in [1.29, 1.82) is 0 Å². The molecule has 6 heteroatoms. The van der Waals surface area contributed by atoms with Crippen molar-refractivity contribution in [3.8, 4) is 0 Å². The Kier molecular flexibility index (Phi) is 4.32. The molecule has 102 valence electrons. The minimum absolute atomic E-state index is 0.349. The Morgan fingerprint density at radius 2 is 1.74 bits per heavy atom. The maximum absolute atomic E-state index is 13.3. The topological polar surface area (TPSA) is 12.0 Å². The van der Waals surface area contributed by atoms with Crippen LogP contribution >= 0.6 is 27.3 Å². The van der Waals surface area contributed by atoms with E-state index < -0.39 is 23.5 Å². The lowest BCUT2D eigenvalue weighted by atomic mass is 10.0. The van der Waals surface area contributed by atoms with Gasteiger partial charge in [-0.1, -0.05) is 0 Å². The second-order valence-corrected chi connectivity index (χ2v) is 6.23. The van der Waals surface area contributed by atoms with Crippen molar-refractivity contribution in [2.24, 2.45) is 0 Å². The van der Waals surface area contributed by atoms with Gasteiger partial charge in [0.15, 0.2) is 17.5 Å². The first-order chi connectivity index (χ1) is 8.93. The van der Waals surface area contributed by atoms with Gasteiger partial charge in [-0.3, -0.25) is 0 Å². The van der Waals surface area contributed by atoms with E-state index in [1.54, 1.807) is 7.05 Å². The highest BCUT2D eigenvalue weighted by atomic mass is 79.9. The second kappa shape index (κ2) is 5.64. The largest absolute Gasteiger partial charge is 0.309 e. The SMILES string of the molecule is CNC(c1cc(F)c(F)c(F)c1)c1sc(C)cc1Br.